The second-order valence-corrected chi connectivity index (χ2v) is 6.43. The highest BCUT2D eigenvalue weighted by Gasteiger charge is 2.25. The Labute approximate surface area is 140 Å². The number of hydrogen-bond donors (Lipinski definition) is 1. The zero-order chi connectivity index (χ0) is 16.1. The molecule has 22 heavy (non-hydrogen) atoms. The standard InChI is InChI=1S/C16H20Cl2N2O2/c1-11(21)20(13-5-3-2-4-6-13)10-16(22)19-12-7-8-14(17)15(18)9-12/h7-9,13H,2-6,10H2,1H3,(H,19,22). The second-order valence-electron chi connectivity index (χ2n) is 5.62. The van der Waals surface area contributed by atoms with Crippen LogP contribution < -0.4 is 5.32 Å². The first-order valence-electron chi connectivity index (χ1n) is 7.49. The normalized spacial score (nSPS) is 15.4. The van der Waals surface area contributed by atoms with Crippen molar-refractivity contribution in [2.45, 2.75) is 45.1 Å². The third-order valence-corrected chi connectivity index (χ3v) is 4.68. The fourth-order valence-electron chi connectivity index (χ4n) is 2.82. The number of amides is 2. The van der Waals surface area contributed by atoms with Gasteiger partial charge in [0.25, 0.3) is 0 Å². The van der Waals surface area contributed by atoms with Crippen LogP contribution in [0.15, 0.2) is 18.2 Å². The molecule has 0 radical (unpaired) electrons. The maximum atomic E-state index is 12.2. The highest BCUT2D eigenvalue weighted by atomic mass is 35.5. The van der Waals surface area contributed by atoms with Gasteiger partial charge in [0.05, 0.1) is 10.0 Å². The molecule has 1 aliphatic rings. The van der Waals surface area contributed by atoms with Crippen LogP contribution in [-0.4, -0.2) is 29.3 Å². The molecule has 2 rings (SSSR count). The molecule has 1 aromatic carbocycles. The predicted molar refractivity (Wildman–Crippen MR) is 89.4 cm³/mol. The van der Waals surface area contributed by atoms with Crippen LogP contribution in [0.5, 0.6) is 0 Å². The van der Waals surface area contributed by atoms with Gasteiger partial charge >= 0.3 is 0 Å². The Balaban J connectivity index is 1.98. The van der Waals surface area contributed by atoms with E-state index in [2.05, 4.69) is 5.32 Å². The van der Waals surface area contributed by atoms with E-state index in [1.807, 2.05) is 0 Å². The van der Waals surface area contributed by atoms with E-state index in [1.54, 1.807) is 23.1 Å². The Hall–Kier alpha value is -1.26. The summed E-state index contributed by atoms with van der Waals surface area (Å²) in [4.78, 5) is 25.7. The fourth-order valence-corrected chi connectivity index (χ4v) is 3.12. The van der Waals surface area contributed by atoms with E-state index >= 15 is 0 Å². The summed E-state index contributed by atoms with van der Waals surface area (Å²) in [5.41, 5.74) is 0.576. The van der Waals surface area contributed by atoms with Crippen LogP contribution in [0, 0.1) is 0 Å². The molecule has 1 aliphatic carbocycles. The van der Waals surface area contributed by atoms with E-state index in [-0.39, 0.29) is 24.4 Å². The van der Waals surface area contributed by atoms with Crippen molar-refractivity contribution in [2.24, 2.45) is 0 Å². The van der Waals surface area contributed by atoms with E-state index in [0.717, 1.165) is 25.7 Å². The molecule has 1 aromatic rings. The number of nitrogens with one attached hydrogen (secondary N) is 1. The average molecular weight is 343 g/mol. The molecule has 0 saturated heterocycles. The molecule has 0 aliphatic heterocycles. The van der Waals surface area contributed by atoms with Gasteiger partial charge in [-0.15, -0.1) is 0 Å². The number of nitrogens with zero attached hydrogens (tertiary/aromatic N) is 1. The van der Waals surface area contributed by atoms with Gasteiger partial charge in [-0.3, -0.25) is 9.59 Å². The monoisotopic (exact) mass is 342 g/mol. The van der Waals surface area contributed by atoms with Crippen LogP contribution in [-0.2, 0) is 9.59 Å². The first-order chi connectivity index (χ1) is 10.5. The van der Waals surface area contributed by atoms with Crippen molar-refractivity contribution >= 4 is 40.7 Å². The van der Waals surface area contributed by atoms with Gasteiger partial charge in [0.2, 0.25) is 11.8 Å². The number of anilines is 1. The maximum absolute atomic E-state index is 12.2. The minimum absolute atomic E-state index is 0.0591. The van der Waals surface area contributed by atoms with Gasteiger partial charge in [-0.1, -0.05) is 42.5 Å². The Morgan fingerprint density at radius 2 is 1.86 bits per heavy atom. The lowest BCUT2D eigenvalue weighted by atomic mass is 9.94. The van der Waals surface area contributed by atoms with Gasteiger partial charge in [0.15, 0.2) is 0 Å². The molecule has 0 bridgehead atoms. The molecule has 1 N–H and O–H groups in total. The Morgan fingerprint density at radius 1 is 1.18 bits per heavy atom. The first-order valence-corrected chi connectivity index (χ1v) is 8.25. The van der Waals surface area contributed by atoms with Crippen molar-refractivity contribution < 1.29 is 9.59 Å². The molecule has 0 atom stereocenters. The summed E-state index contributed by atoms with van der Waals surface area (Å²) in [6.45, 7) is 1.58. The van der Waals surface area contributed by atoms with Crippen LogP contribution in [0.1, 0.15) is 39.0 Å². The summed E-state index contributed by atoms with van der Waals surface area (Å²) < 4.78 is 0. The molecule has 0 unspecified atom stereocenters. The minimum atomic E-state index is -0.223. The van der Waals surface area contributed by atoms with Gasteiger partial charge in [0.1, 0.15) is 6.54 Å². The average Bonchev–Trinajstić information content (AvgIpc) is 2.49. The predicted octanol–water partition coefficient (Wildman–Crippen LogP) is 4.11. The van der Waals surface area contributed by atoms with Crippen molar-refractivity contribution in [2.75, 3.05) is 11.9 Å². The van der Waals surface area contributed by atoms with Crippen LogP contribution in [0.2, 0.25) is 10.0 Å². The quantitative estimate of drug-likeness (QED) is 0.894. The zero-order valence-electron chi connectivity index (χ0n) is 12.6. The first kappa shape index (κ1) is 17.1. The largest absolute Gasteiger partial charge is 0.331 e. The molecule has 1 saturated carbocycles. The second kappa shape index (κ2) is 7.84. The van der Waals surface area contributed by atoms with Crippen molar-refractivity contribution in [3.05, 3.63) is 28.2 Å². The SMILES string of the molecule is CC(=O)N(CC(=O)Nc1ccc(Cl)c(Cl)c1)C1CCCCC1. The number of benzene rings is 1. The molecule has 0 heterocycles. The molecule has 1 fully saturated rings. The van der Waals surface area contributed by atoms with E-state index in [1.165, 1.54) is 13.3 Å². The topological polar surface area (TPSA) is 49.4 Å². The molecule has 6 heteroatoms. The molecule has 4 nitrogen and oxygen atoms in total. The summed E-state index contributed by atoms with van der Waals surface area (Å²) >= 11 is 11.8. The Kier molecular flexibility index (Phi) is 6.09. The fraction of sp³-hybridized carbons (Fsp3) is 0.500. The summed E-state index contributed by atoms with van der Waals surface area (Å²) in [7, 11) is 0. The summed E-state index contributed by atoms with van der Waals surface area (Å²) in [5, 5.41) is 3.58. The van der Waals surface area contributed by atoms with Crippen LogP contribution in [0.4, 0.5) is 5.69 Å². The Bertz CT molecular complexity index is 557. The van der Waals surface area contributed by atoms with E-state index < -0.39 is 0 Å². The number of carbonyl (C=O) groups excluding carboxylic acids is 2. The van der Waals surface area contributed by atoms with Gasteiger partial charge in [-0.25, -0.2) is 0 Å². The highest BCUT2D eigenvalue weighted by molar-refractivity contribution is 6.42. The minimum Gasteiger partial charge on any atom is -0.331 e. The highest BCUT2D eigenvalue weighted by Crippen LogP contribution is 2.25. The van der Waals surface area contributed by atoms with Crippen LogP contribution >= 0.6 is 23.2 Å². The molecule has 2 amide bonds. The summed E-state index contributed by atoms with van der Waals surface area (Å²) in [6, 6.07) is 5.08. The van der Waals surface area contributed by atoms with Gasteiger partial charge in [0, 0.05) is 18.7 Å². The number of carbonyl (C=O) groups is 2. The van der Waals surface area contributed by atoms with Gasteiger partial charge < -0.3 is 10.2 Å². The third-order valence-electron chi connectivity index (χ3n) is 3.94. The van der Waals surface area contributed by atoms with Crippen LogP contribution in [0.3, 0.4) is 0 Å². The lowest BCUT2D eigenvalue weighted by Crippen LogP contribution is -2.44. The smallest absolute Gasteiger partial charge is 0.244 e. The van der Waals surface area contributed by atoms with Crippen molar-refractivity contribution in [3.63, 3.8) is 0 Å². The van der Waals surface area contributed by atoms with Gasteiger partial charge in [-0.05, 0) is 31.0 Å². The van der Waals surface area contributed by atoms with E-state index in [9.17, 15) is 9.59 Å². The zero-order valence-corrected chi connectivity index (χ0v) is 14.1. The lowest BCUT2D eigenvalue weighted by Gasteiger charge is -2.33. The van der Waals surface area contributed by atoms with Crippen molar-refractivity contribution in [1.82, 2.24) is 4.90 Å². The number of hydrogen-bond acceptors (Lipinski definition) is 2. The van der Waals surface area contributed by atoms with Crippen LogP contribution in [0.25, 0.3) is 0 Å². The third kappa shape index (κ3) is 4.62. The lowest BCUT2D eigenvalue weighted by molar-refractivity contribution is -0.135. The van der Waals surface area contributed by atoms with Gasteiger partial charge in [-0.2, -0.15) is 0 Å². The number of rotatable bonds is 4. The van der Waals surface area contributed by atoms with E-state index in [4.69, 9.17) is 23.2 Å². The summed E-state index contributed by atoms with van der Waals surface area (Å²) in [6.07, 6.45) is 5.38. The Morgan fingerprint density at radius 3 is 2.45 bits per heavy atom. The molecule has 0 spiro atoms. The molecule has 120 valence electrons. The number of halogens is 2. The van der Waals surface area contributed by atoms with Crippen molar-refractivity contribution in [1.29, 1.82) is 0 Å². The molecular weight excluding hydrogens is 323 g/mol. The molecule has 0 aromatic heterocycles. The van der Waals surface area contributed by atoms with E-state index in [0.29, 0.717) is 15.7 Å². The molecular formula is C16H20Cl2N2O2. The maximum Gasteiger partial charge on any atom is 0.244 e. The van der Waals surface area contributed by atoms with Crippen molar-refractivity contribution in [3.8, 4) is 0 Å². The summed E-state index contributed by atoms with van der Waals surface area (Å²) in [5.74, 6) is -0.282.